The fourth-order valence-electron chi connectivity index (χ4n) is 3.09. The average molecular weight is 375 g/mol. The van der Waals surface area contributed by atoms with Crippen LogP contribution in [0.3, 0.4) is 0 Å². The van der Waals surface area contributed by atoms with Crippen molar-refractivity contribution in [3.63, 3.8) is 0 Å². The molecule has 0 bridgehead atoms. The zero-order chi connectivity index (χ0) is 18.7. The number of nitrogens with zero attached hydrogens (tertiary/aromatic N) is 2. The van der Waals surface area contributed by atoms with Crippen molar-refractivity contribution < 1.29 is 14.3 Å². The molecule has 1 atom stereocenters. The van der Waals surface area contributed by atoms with Crippen LogP contribution in [-0.2, 0) is 16.0 Å². The Morgan fingerprint density at radius 1 is 1.38 bits per heavy atom. The van der Waals surface area contributed by atoms with Gasteiger partial charge in [-0.05, 0) is 45.0 Å². The first-order valence-electron chi connectivity index (χ1n) is 8.90. The van der Waals surface area contributed by atoms with E-state index in [1.54, 1.807) is 18.4 Å². The molecular formula is C20H26N2O3S. The second-order valence-electron chi connectivity index (χ2n) is 7.29. The maximum absolute atomic E-state index is 12.7. The Balaban J connectivity index is 1.61. The molecule has 1 unspecified atom stereocenters. The minimum Gasteiger partial charge on any atom is -0.497 e. The van der Waals surface area contributed by atoms with E-state index < -0.39 is 0 Å². The van der Waals surface area contributed by atoms with Crippen molar-refractivity contribution >= 4 is 17.2 Å². The summed E-state index contributed by atoms with van der Waals surface area (Å²) in [5.41, 5.74) is 1.75. The Kier molecular flexibility index (Phi) is 5.63. The van der Waals surface area contributed by atoms with E-state index in [9.17, 15) is 4.79 Å². The Bertz CT molecular complexity index is 755. The van der Waals surface area contributed by atoms with Crippen molar-refractivity contribution in [1.82, 2.24) is 9.88 Å². The first-order valence-corrected chi connectivity index (χ1v) is 9.78. The molecule has 1 amide bonds. The zero-order valence-electron chi connectivity index (χ0n) is 15.8. The van der Waals surface area contributed by atoms with Gasteiger partial charge in [-0.2, -0.15) is 0 Å². The van der Waals surface area contributed by atoms with Crippen molar-refractivity contribution in [3.05, 3.63) is 34.7 Å². The van der Waals surface area contributed by atoms with Crippen LogP contribution in [0, 0.1) is 0 Å². The molecule has 1 aromatic heterocycles. The van der Waals surface area contributed by atoms with Gasteiger partial charge in [-0.25, -0.2) is 4.98 Å². The predicted octanol–water partition coefficient (Wildman–Crippen LogP) is 3.78. The highest BCUT2D eigenvalue weighted by Gasteiger charge is 2.36. The Morgan fingerprint density at radius 2 is 2.12 bits per heavy atom. The fraction of sp³-hybridized carbons (Fsp3) is 0.500. The van der Waals surface area contributed by atoms with E-state index in [4.69, 9.17) is 9.47 Å². The van der Waals surface area contributed by atoms with Gasteiger partial charge in [-0.3, -0.25) is 4.79 Å². The van der Waals surface area contributed by atoms with Crippen LogP contribution in [0.25, 0.3) is 11.3 Å². The number of thiazole rings is 1. The molecule has 1 aromatic carbocycles. The summed E-state index contributed by atoms with van der Waals surface area (Å²) < 4.78 is 10.9. The van der Waals surface area contributed by atoms with E-state index in [1.165, 1.54) is 0 Å². The standard InChI is InChI=1S/C20H26N2O3S/c1-14-11-22(20(2,3)13-25-14)19(23)10-9-18-21-17(12-26-18)15-5-7-16(24-4)8-6-15/h5-8,12,14H,9-11,13H2,1-4H3. The summed E-state index contributed by atoms with van der Waals surface area (Å²) in [4.78, 5) is 19.4. The number of hydrogen-bond donors (Lipinski definition) is 0. The summed E-state index contributed by atoms with van der Waals surface area (Å²) in [6.45, 7) is 7.36. The molecular weight excluding hydrogens is 348 g/mol. The molecule has 2 heterocycles. The van der Waals surface area contributed by atoms with Crippen LogP contribution in [0.15, 0.2) is 29.6 Å². The van der Waals surface area contributed by atoms with E-state index >= 15 is 0 Å². The third kappa shape index (κ3) is 4.24. The molecule has 0 radical (unpaired) electrons. The molecule has 26 heavy (non-hydrogen) atoms. The highest BCUT2D eigenvalue weighted by Crippen LogP contribution is 2.26. The predicted molar refractivity (Wildman–Crippen MR) is 104 cm³/mol. The molecule has 1 aliphatic heterocycles. The SMILES string of the molecule is COc1ccc(-c2csc(CCC(=O)N3CC(C)OCC3(C)C)n2)cc1. The minimum absolute atomic E-state index is 0.0912. The Hall–Kier alpha value is -1.92. The number of benzene rings is 1. The van der Waals surface area contributed by atoms with Crippen LogP contribution in [0.2, 0.25) is 0 Å². The topological polar surface area (TPSA) is 51.7 Å². The van der Waals surface area contributed by atoms with Gasteiger partial charge in [0.2, 0.25) is 5.91 Å². The summed E-state index contributed by atoms with van der Waals surface area (Å²) in [6, 6.07) is 7.86. The molecule has 3 rings (SSSR count). The van der Waals surface area contributed by atoms with Gasteiger partial charge in [0, 0.05) is 30.3 Å². The van der Waals surface area contributed by atoms with Crippen molar-refractivity contribution in [1.29, 1.82) is 0 Å². The maximum Gasteiger partial charge on any atom is 0.223 e. The first kappa shape index (κ1) is 18.9. The van der Waals surface area contributed by atoms with Crippen molar-refractivity contribution in [3.8, 4) is 17.0 Å². The number of ether oxygens (including phenoxy) is 2. The lowest BCUT2D eigenvalue weighted by Gasteiger charge is -2.44. The van der Waals surface area contributed by atoms with Gasteiger partial charge in [0.1, 0.15) is 5.75 Å². The van der Waals surface area contributed by atoms with Crippen LogP contribution in [-0.4, -0.2) is 47.7 Å². The van der Waals surface area contributed by atoms with Crippen LogP contribution in [0.5, 0.6) is 5.75 Å². The number of hydrogen-bond acceptors (Lipinski definition) is 5. The average Bonchev–Trinajstić information content (AvgIpc) is 3.11. The van der Waals surface area contributed by atoms with E-state index in [-0.39, 0.29) is 17.6 Å². The van der Waals surface area contributed by atoms with Gasteiger partial charge in [0.15, 0.2) is 0 Å². The van der Waals surface area contributed by atoms with Gasteiger partial charge < -0.3 is 14.4 Å². The molecule has 0 N–H and O–H groups in total. The Morgan fingerprint density at radius 3 is 2.81 bits per heavy atom. The molecule has 0 aliphatic carbocycles. The van der Waals surface area contributed by atoms with Crippen molar-refractivity contribution in [2.24, 2.45) is 0 Å². The molecule has 1 saturated heterocycles. The van der Waals surface area contributed by atoms with Crippen LogP contribution in [0.4, 0.5) is 0 Å². The fourth-order valence-corrected chi connectivity index (χ4v) is 3.90. The molecule has 5 nitrogen and oxygen atoms in total. The normalized spacial score (nSPS) is 19.4. The molecule has 140 valence electrons. The second kappa shape index (κ2) is 7.76. The van der Waals surface area contributed by atoms with E-state index in [2.05, 4.69) is 18.8 Å². The van der Waals surface area contributed by atoms with E-state index in [0.717, 1.165) is 22.0 Å². The smallest absolute Gasteiger partial charge is 0.223 e. The first-order chi connectivity index (χ1) is 12.4. The number of aromatic nitrogens is 1. The van der Waals surface area contributed by atoms with E-state index in [1.807, 2.05) is 41.5 Å². The monoisotopic (exact) mass is 374 g/mol. The number of amides is 1. The minimum atomic E-state index is -0.249. The molecule has 1 aliphatic rings. The van der Waals surface area contributed by atoms with E-state index in [0.29, 0.717) is 26.0 Å². The lowest BCUT2D eigenvalue weighted by atomic mass is 10.00. The summed E-state index contributed by atoms with van der Waals surface area (Å²) in [5, 5.41) is 3.03. The quantitative estimate of drug-likeness (QED) is 0.799. The number of carbonyl (C=O) groups is 1. The van der Waals surface area contributed by atoms with Gasteiger partial charge in [-0.15, -0.1) is 11.3 Å². The van der Waals surface area contributed by atoms with Gasteiger partial charge in [0.05, 0.1) is 36.1 Å². The maximum atomic E-state index is 12.7. The second-order valence-corrected chi connectivity index (χ2v) is 8.24. The Labute approximate surface area is 159 Å². The number of morpholine rings is 1. The lowest BCUT2D eigenvalue weighted by Crippen LogP contribution is -2.57. The summed E-state index contributed by atoms with van der Waals surface area (Å²) >= 11 is 1.61. The zero-order valence-corrected chi connectivity index (χ0v) is 16.6. The summed E-state index contributed by atoms with van der Waals surface area (Å²) in [6.07, 6.45) is 1.24. The molecule has 1 fully saturated rings. The number of methoxy groups -OCH3 is 1. The van der Waals surface area contributed by atoms with Gasteiger partial charge >= 0.3 is 0 Å². The van der Waals surface area contributed by atoms with Crippen LogP contribution >= 0.6 is 11.3 Å². The molecule has 6 heteroatoms. The molecule has 0 saturated carbocycles. The van der Waals surface area contributed by atoms with Crippen molar-refractivity contribution in [2.75, 3.05) is 20.3 Å². The van der Waals surface area contributed by atoms with Gasteiger partial charge in [-0.1, -0.05) is 0 Å². The highest BCUT2D eigenvalue weighted by atomic mass is 32.1. The van der Waals surface area contributed by atoms with Crippen molar-refractivity contribution in [2.45, 2.75) is 45.3 Å². The largest absolute Gasteiger partial charge is 0.497 e. The highest BCUT2D eigenvalue weighted by molar-refractivity contribution is 7.09. The number of carbonyl (C=O) groups excluding carboxylic acids is 1. The number of rotatable bonds is 5. The van der Waals surface area contributed by atoms with Gasteiger partial charge in [0.25, 0.3) is 0 Å². The van der Waals surface area contributed by atoms with Crippen LogP contribution in [0.1, 0.15) is 32.2 Å². The van der Waals surface area contributed by atoms with Crippen LogP contribution < -0.4 is 4.74 Å². The summed E-state index contributed by atoms with van der Waals surface area (Å²) in [5.74, 6) is 1.00. The molecule has 2 aromatic rings. The third-order valence-electron chi connectivity index (χ3n) is 4.68. The number of aryl methyl sites for hydroxylation is 1. The molecule has 0 spiro atoms. The lowest BCUT2D eigenvalue weighted by molar-refractivity contribution is -0.152. The summed E-state index contributed by atoms with van der Waals surface area (Å²) in [7, 11) is 1.66. The third-order valence-corrected chi connectivity index (χ3v) is 5.59.